The van der Waals surface area contributed by atoms with Crippen LogP contribution >= 0.6 is 31.3 Å². The zero-order valence-corrected chi connectivity index (χ0v) is 24.0. The first-order valence-electron chi connectivity index (χ1n) is 13.1. The van der Waals surface area contributed by atoms with Crippen molar-refractivity contribution < 1.29 is 4.79 Å². The van der Waals surface area contributed by atoms with Crippen molar-refractivity contribution in [3.8, 4) is 11.1 Å². The molecule has 40 heavy (non-hydrogen) atoms. The maximum Gasteiger partial charge on any atom is 0.194 e. The standard InChI is InChI=1S/C36H23OPS2/c37-33-30-23-13-11-21-28(30)27-20-10-12-22-29(27)31(33)32-35(39)34(36(32)40)38(24-14-4-1-5-15-24,25-16-6-2-7-17-25)26-18-8-3-9-19-26/h1-23H. The number of fused-ring (bicyclic) bond motifs is 3. The Morgan fingerprint density at radius 2 is 0.750 bits per heavy atom. The van der Waals surface area contributed by atoms with Crippen LogP contribution in [0.15, 0.2) is 145 Å². The molecule has 0 saturated heterocycles. The van der Waals surface area contributed by atoms with Gasteiger partial charge in [0.1, 0.15) is 0 Å². The molecule has 0 aromatic heterocycles. The van der Waals surface area contributed by atoms with Crippen LogP contribution in [-0.2, 0) is 0 Å². The summed E-state index contributed by atoms with van der Waals surface area (Å²) in [5.74, 6) is -0.0175. The van der Waals surface area contributed by atoms with Crippen LogP contribution in [0.3, 0.4) is 0 Å². The molecular weight excluding hydrogens is 544 g/mol. The average molecular weight is 567 g/mol. The summed E-state index contributed by atoms with van der Waals surface area (Å²) >= 11 is 12.6. The highest BCUT2D eigenvalue weighted by Gasteiger charge is 2.45. The molecule has 5 aromatic rings. The smallest absolute Gasteiger partial charge is 0.194 e. The number of allylic oxidation sites excluding steroid dienone is 2. The van der Waals surface area contributed by atoms with E-state index in [0.717, 1.165) is 27.6 Å². The fourth-order valence-electron chi connectivity index (χ4n) is 6.06. The third-order valence-electron chi connectivity index (χ3n) is 7.79. The number of carbonyl (C=O) groups is 1. The number of hydrogen-bond donors (Lipinski definition) is 0. The second kappa shape index (κ2) is 9.87. The number of Topliss-reactive ketones (excluding diaryl/α,β-unsaturated/α-hetero) is 1. The Morgan fingerprint density at radius 3 is 1.20 bits per heavy atom. The normalized spacial score (nSPS) is 14.5. The predicted octanol–water partition coefficient (Wildman–Crippen LogP) is 7.22. The lowest BCUT2D eigenvalue weighted by molar-refractivity contribution is 0.105. The van der Waals surface area contributed by atoms with Crippen molar-refractivity contribution in [3.63, 3.8) is 0 Å². The molecule has 1 nitrogen and oxygen atoms in total. The topological polar surface area (TPSA) is 17.1 Å². The van der Waals surface area contributed by atoms with Gasteiger partial charge in [0.05, 0.1) is 9.73 Å². The fourth-order valence-corrected chi connectivity index (χ4v) is 12.0. The average Bonchev–Trinajstić information content (AvgIpc) is 3.03. The van der Waals surface area contributed by atoms with E-state index in [-0.39, 0.29) is 5.78 Å². The molecule has 0 radical (unpaired) electrons. The molecule has 0 atom stereocenters. The number of benzene rings is 5. The summed E-state index contributed by atoms with van der Waals surface area (Å²) in [5, 5.41) is 4.58. The SMILES string of the molecule is O=C1C(=C2C(=S)C(=P(c3ccccc3)(c3ccccc3)c3ccccc3)C2=S)c2ccccc2-c2ccccc21. The van der Waals surface area contributed by atoms with Gasteiger partial charge in [0.25, 0.3) is 0 Å². The molecule has 0 unspecified atom stereocenters. The Hall–Kier alpha value is -4.01. The summed E-state index contributed by atoms with van der Waals surface area (Å²) in [5.41, 5.74) is 4.94. The first-order chi connectivity index (χ1) is 19.6. The lowest BCUT2D eigenvalue weighted by Gasteiger charge is -2.40. The van der Waals surface area contributed by atoms with Crippen LogP contribution in [0.5, 0.6) is 0 Å². The molecule has 0 aliphatic heterocycles. The highest BCUT2D eigenvalue weighted by Crippen LogP contribution is 2.52. The number of rotatable bonds is 3. The predicted molar refractivity (Wildman–Crippen MR) is 178 cm³/mol. The first-order valence-corrected chi connectivity index (χ1v) is 15.7. The van der Waals surface area contributed by atoms with E-state index in [9.17, 15) is 4.79 Å². The van der Waals surface area contributed by atoms with Gasteiger partial charge in [-0.05, 0) is 39.5 Å². The molecule has 190 valence electrons. The maximum atomic E-state index is 14.1. The van der Waals surface area contributed by atoms with Crippen molar-refractivity contribution in [2.24, 2.45) is 0 Å². The minimum atomic E-state index is -2.44. The van der Waals surface area contributed by atoms with Gasteiger partial charge < -0.3 is 0 Å². The van der Waals surface area contributed by atoms with E-state index in [1.807, 2.05) is 60.7 Å². The Balaban J connectivity index is 1.58. The molecule has 0 bridgehead atoms. The molecule has 0 heterocycles. The van der Waals surface area contributed by atoms with Crippen molar-refractivity contribution in [2.45, 2.75) is 0 Å². The minimum Gasteiger partial charge on any atom is -0.289 e. The summed E-state index contributed by atoms with van der Waals surface area (Å²) in [6.07, 6.45) is 0. The van der Waals surface area contributed by atoms with Crippen LogP contribution in [0.4, 0.5) is 0 Å². The maximum absolute atomic E-state index is 14.1. The van der Waals surface area contributed by atoms with Crippen LogP contribution < -0.4 is 15.9 Å². The Labute approximate surface area is 244 Å². The minimum absolute atomic E-state index is 0.0175. The quantitative estimate of drug-likeness (QED) is 0.130. The first kappa shape index (κ1) is 25.0. The molecule has 5 aromatic carbocycles. The summed E-state index contributed by atoms with van der Waals surface area (Å²) in [6, 6.07) is 47.6. The molecule has 2 aliphatic carbocycles. The summed E-state index contributed by atoms with van der Waals surface area (Å²) in [7, 11) is 0. The molecule has 0 N–H and O–H groups in total. The van der Waals surface area contributed by atoms with Crippen molar-refractivity contribution >= 4 is 73.6 Å². The van der Waals surface area contributed by atoms with E-state index >= 15 is 0 Å². The number of carbonyl (C=O) groups excluding carboxylic acids is 1. The number of hydrogen-bond acceptors (Lipinski definition) is 3. The Kier molecular flexibility index (Phi) is 6.17. The third kappa shape index (κ3) is 3.56. The van der Waals surface area contributed by atoms with E-state index < -0.39 is 6.89 Å². The summed E-state index contributed by atoms with van der Waals surface area (Å²) in [4.78, 5) is 15.5. The van der Waals surface area contributed by atoms with E-state index in [1.54, 1.807) is 0 Å². The van der Waals surface area contributed by atoms with Crippen molar-refractivity contribution in [1.82, 2.24) is 0 Å². The molecule has 0 amide bonds. The molecular formula is C36H23OPS2. The van der Waals surface area contributed by atoms with Crippen molar-refractivity contribution in [3.05, 3.63) is 156 Å². The molecule has 4 heteroatoms. The lowest BCUT2D eigenvalue weighted by atomic mass is 9.75. The van der Waals surface area contributed by atoms with Crippen LogP contribution in [0, 0.1) is 0 Å². The van der Waals surface area contributed by atoms with Gasteiger partial charge in [-0.15, -0.1) is 0 Å². The zero-order valence-electron chi connectivity index (χ0n) is 21.5. The summed E-state index contributed by atoms with van der Waals surface area (Å²) in [6.45, 7) is -2.44. The van der Waals surface area contributed by atoms with Gasteiger partial charge in [-0.3, -0.25) is 4.79 Å². The van der Waals surface area contributed by atoms with Gasteiger partial charge >= 0.3 is 0 Å². The molecule has 1 saturated carbocycles. The number of ketones is 1. The van der Waals surface area contributed by atoms with Crippen molar-refractivity contribution in [1.29, 1.82) is 0 Å². The monoisotopic (exact) mass is 566 g/mol. The van der Waals surface area contributed by atoms with E-state index in [1.165, 1.54) is 15.9 Å². The highest BCUT2D eigenvalue weighted by molar-refractivity contribution is 8.04. The second-order valence-electron chi connectivity index (χ2n) is 9.85. The lowest BCUT2D eigenvalue weighted by Crippen LogP contribution is -2.47. The largest absolute Gasteiger partial charge is 0.289 e. The van der Waals surface area contributed by atoms with Gasteiger partial charge in [-0.2, -0.15) is 0 Å². The van der Waals surface area contributed by atoms with Crippen LogP contribution in [-0.4, -0.2) is 20.8 Å². The van der Waals surface area contributed by atoms with Crippen molar-refractivity contribution in [2.75, 3.05) is 0 Å². The Morgan fingerprint density at radius 1 is 0.400 bits per heavy atom. The van der Waals surface area contributed by atoms with Gasteiger partial charge in [0.15, 0.2) is 5.78 Å². The van der Waals surface area contributed by atoms with E-state index in [2.05, 4.69) is 78.9 Å². The van der Waals surface area contributed by atoms with Gasteiger partial charge in [0, 0.05) is 22.0 Å². The molecule has 2 aliphatic rings. The fraction of sp³-hybridized carbons (Fsp3) is 0. The molecule has 1 fully saturated rings. The second-order valence-corrected chi connectivity index (χ2v) is 14.0. The highest BCUT2D eigenvalue weighted by atomic mass is 32.1. The van der Waals surface area contributed by atoms with E-state index in [0.29, 0.717) is 20.9 Å². The number of thiocarbonyl (C=S) groups is 2. The van der Waals surface area contributed by atoms with Crippen LogP contribution in [0.2, 0.25) is 0 Å². The van der Waals surface area contributed by atoms with Crippen LogP contribution in [0.1, 0.15) is 15.9 Å². The molecule has 0 spiro atoms. The van der Waals surface area contributed by atoms with Gasteiger partial charge in [0.2, 0.25) is 0 Å². The van der Waals surface area contributed by atoms with Crippen LogP contribution in [0.25, 0.3) is 16.7 Å². The van der Waals surface area contributed by atoms with Gasteiger partial charge in [-0.25, -0.2) is 0 Å². The Bertz CT molecular complexity index is 1810. The summed E-state index contributed by atoms with van der Waals surface area (Å²) < 4.78 is 0. The third-order valence-corrected chi connectivity index (χ3v) is 13.2. The van der Waals surface area contributed by atoms with Gasteiger partial charge in [-0.1, -0.05) is 164 Å². The molecule has 7 rings (SSSR count). The van der Waals surface area contributed by atoms with E-state index in [4.69, 9.17) is 24.4 Å². The zero-order chi connectivity index (χ0) is 27.3.